The second kappa shape index (κ2) is 5.56. The van der Waals surface area contributed by atoms with E-state index in [0.29, 0.717) is 11.2 Å². The van der Waals surface area contributed by atoms with Gasteiger partial charge in [-0.25, -0.2) is 4.98 Å². The van der Waals surface area contributed by atoms with Gasteiger partial charge >= 0.3 is 0 Å². The molecule has 0 radical (unpaired) electrons. The van der Waals surface area contributed by atoms with Gasteiger partial charge in [0.1, 0.15) is 5.15 Å². The van der Waals surface area contributed by atoms with Gasteiger partial charge < -0.3 is 16.0 Å². The highest BCUT2D eigenvalue weighted by Crippen LogP contribution is 2.18. The van der Waals surface area contributed by atoms with Crippen molar-refractivity contribution in [2.45, 2.75) is 6.04 Å². The normalized spacial score (nSPS) is 15.9. The fourth-order valence-corrected chi connectivity index (χ4v) is 2.12. The topological polar surface area (TPSA) is 73.7 Å². The molecule has 1 fully saturated rings. The third-order valence-electron chi connectivity index (χ3n) is 3.25. The van der Waals surface area contributed by atoms with Crippen LogP contribution in [0.5, 0.6) is 0 Å². The lowest BCUT2D eigenvalue weighted by molar-refractivity contribution is 0.402. The van der Waals surface area contributed by atoms with Crippen LogP contribution in [0.4, 0.5) is 0 Å². The zero-order valence-corrected chi connectivity index (χ0v) is 11.5. The van der Waals surface area contributed by atoms with Crippen molar-refractivity contribution < 1.29 is 0 Å². The van der Waals surface area contributed by atoms with Gasteiger partial charge in [0, 0.05) is 42.8 Å². The highest BCUT2D eigenvalue weighted by molar-refractivity contribution is 6.29. The quantitative estimate of drug-likeness (QED) is 0.592. The number of nitrogens with one attached hydrogen (secondary N) is 3. The summed E-state index contributed by atoms with van der Waals surface area (Å²) in [6.45, 7) is 1.91. The molecule has 0 saturated carbocycles. The van der Waals surface area contributed by atoms with Gasteiger partial charge in [-0.05, 0) is 18.2 Å². The Labute approximate surface area is 121 Å². The first-order valence-electron chi connectivity index (χ1n) is 6.36. The third-order valence-corrected chi connectivity index (χ3v) is 3.46. The van der Waals surface area contributed by atoms with Gasteiger partial charge in [0.25, 0.3) is 0 Å². The molecular weight excluding hydrogens is 274 g/mol. The molecule has 1 aliphatic heterocycles. The average molecular weight is 288 g/mol. The molecule has 0 aliphatic carbocycles. The fourth-order valence-electron chi connectivity index (χ4n) is 1.96. The zero-order chi connectivity index (χ0) is 13.9. The van der Waals surface area contributed by atoms with Crippen molar-refractivity contribution in [1.82, 2.24) is 20.6 Å². The van der Waals surface area contributed by atoms with Crippen LogP contribution in [-0.4, -0.2) is 35.3 Å². The predicted octanol–water partition coefficient (Wildman–Crippen LogP) is 1.84. The first-order chi connectivity index (χ1) is 9.76. The number of pyridine rings is 2. The standard InChI is InChI=1S/C14H14ClN5/c15-14-2-1-12-13(20-14)3-9(5-19-12)10(4-16)6-18-11-7-17-8-11/h1-6,11,16-18H,7-8H2/b10-6+,16-4?. The van der Waals surface area contributed by atoms with Crippen molar-refractivity contribution in [3.8, 4) is 0 Å². The molecule has 3 rings (SSSR count). The number of rotatable bonds is 4. The van der Waals surface area contributed by atoms with Crippen molar-refractivity contribution >= 4 is 34.4 Å². The van der Waals surface area contributed by atoms with Gasteiger partial charge in [0.05, 0.1) is 17.1 Å². The van der Waals surface area contributed by atoms with Crippen molar-refractivity contribution in [1.29, 1.82) is 5.41 Å². The lowest BCUT2D eigenvalue weighted by Gasteiger charge is -2.27. The molecule has 102 valence electrons. The van der Waals surface area contributed by atoms with Crippen LogP contribution in [0.25, 0.3) is 16.6 Å². The second-order valence-corrected chi connectivity index (χ2v) is 5.05. The van der Waals surface area contributed by atoms with E-state index in [4.69, 9.17) is 17.0 Å². The summed E-state index contributed by atoms with van der Waals surface area (Å²) in [6.07, 6.45) is 4.91. The van der Waals surface area contributed by atoms with E-state index in [1.165, 1.54) is 6.21 Å². The minimum absolute atomic E-state index is 0.436. The molecule has 0 aromatic carbocycles. The number of allylic oxidation sites excluding steroid dienone is 1. The predicted molar refractivity (Wildman–Crippen MR) is 81.1 cm³/mol. The number of hydrogen-bond acceptors (Lipinski definition) is 5. The van der Waals surface area contributed by atoms with Gasteiger partial charge in [-0.3, -0.25) is 4.98 Å². The summed E-state index contributed by atoms with van der Waals surface area (Å²) in [7, 11) is 0. The van der Waals surface area contributed by atoms with Gasteiger partial charge in [-0.2, -0.15) is 0 Å². The van der Waals surface area contributed by atoms with E-state index in [9.17, 15) is 0 Å². The summed E-state index contributed by atoms with van der Waals surface area (Å²) in [6, 6.07) is 5.88. The summed E-state index contributed by atoms with van der Waals surface area (Å²) in [5, 5.41) is 14.4. The number of aromatic nitrogens is 2. The highest BCUT2D eigenvalue weighted by atomic mass is 35.5. The van der Waals surface area contributed by atoms with E-state index in [0.717, 1.165) is 35.3 Å². The van der Waals surface area contributed by atoms with Crippen molar-refractivity contribution in [2.75, 3.05) is 13.1 Å². The molecule has 0 spiro atoms. The van der Waals surface area contributed by atoms with Crippen LogP contribution in [0, 0.1) is 5.41 Å². The minimum Gasteiger partial charge on any atom is -0.385 e. The van der Waals surface area contributed by atoms with Crippen molar-refractivity contribution in [2.24, 2.45) is 0 Å². The maximum absolute atomic E-state index is 7.54. The molecule has 3 heterocycles. The van der Waals surface area contributed by atoms with Gasteiger partial charge in [0.2, 0.25) is 0 Å². The molecule has 6 heteroatoms. The summed E-state index contributed by atoms with van der Waals surface area (Å²) in [5.41, 5.74) is 3.14. The molecule has 0 unspecified atom stereocenters. The van der Waals surface area contributed by atoms with E-state index in [1.54, 1.807) is 12.3 Å². The lowest BCUT2D eigenvalue weighted by Crippen LogP contribution is -2.53. The summed E-state index contributed by atoms with van der Waals surface area (Å²) in [4.78, 5) is 8.59. The van der Waals surface area contributed by atoms with Crippen LogP contribution in [-0.2, 0) is 0 Å². The van der Waals surface area contributed by atoms with E-state index >= 15 is 0 Å². The fraction of sp³-hybridized carbons (Fsp3) is 0.214. The maximum Gasteiger partial charge on any atom is 0.129 e. The first-order valence-corrected chi connectivity index (χ1v) is 6.74. The molecule has 0 atom stereocenters. The summed E-state index contributed by atoms with van der Waals surface area (Å²) >= 11 is 5.90. The molecule has 1 aliphatic rings. The van der Waals surface area contributed by atoms with Gasteiger partial charge in [-0.15, -0.1) is 0 Å². The Bertz CT molecular complexity index is 678. The Morgan fingerprint density at radius 2 is 2.25 bits per heavy atom. The summed E-state index contributed by atoms with van der Waals surface area (Å²) < 4.78 is 0. The largest absolute Gasteiger partial charge is 0.385 e. The summed E-state index contributed by atoms with van der Waals surface area (Å²) in [5.74, 6) is 0. The van der Waals surface area contributed by atoms with Crippen LogP contribution < -0.4 is 10.6 Å². The van der Waals surface area contributed by atoms with Crippen molar-refractivity contribution in [3.05, 3.63) is 41.3 Å². The number of hydrogen-bond donors (Lipinski definition) is 3. The minimum atomic E-state index is 0.436. The Hall–Kier alpha value is -1.98. The van der Waals surface area contributed by atoms with Crippen LogP contribution >= 0.6 is 11.6 Å². The number of fused-ring (bicyclic) bond motifs is 1. The van der Waals surface area contributed by atoms with Crippen LogP contribution in [0.2, 0.25) is 5.15 Å². The molecule has 0 bridgehead atoms. The van der Waals surface area contributed by atoms with Crippen LogP contribution in [0.15, 0.2) is 30.6 Å². The zero-order valence-electron chi connectivity index (χ0n) is 10.7. The molecule has 2 aromatic heterocycles. The van der Waals surface area contributed by atoms with E-state index in [1.807, 2.05) is 18.3 Å². The molecule has 1 saturated heterocycles. The van der Waals surface area contributed by atoms with Gasteiger partial charge in [-0.1, -0.05) is 11.6 Å². The van der Waals surface area contributed by atoms with E-state index in [-0.39, 0.29) is 0 Å². The SMILES string of the molecule is N=C/C(=C\NC1CNC1)c1cnc2ccc(Cl)nc2c1. The third kappa shape index (κ3) is 2.64. The van der Waals surface area contributed by atoms with Crippen LogP contribution in [0.3, 0.4) is 0 Å². The monoisotopic (exact) mass is 287 g/mol. The van der Waals surface area contributed by atoms with E-state index < -0.39 is 0 Å². The number of halogens is 1. The Morgan fingerprint density at radius 3 is 2.95 bits per heavy atom. The highest BCUT2D eigenvalue weighted by Gasteiger charge is 2.14. The lowest BCUT2D eigenvalue weighted by atomic mass is 10.1. The van der Waals surface area contributed by atoms with E-state index in [2.05, 4.69) is 20.6 Å². The average Bonchev–Trinajstić information content (AvgIpc) is 2.41. The Morgan fingerprint density at radius 1 is 1.40 bits per heavy atom. The number of nitrogens with zero attached hydrogens (tertiary/aromatic N) is 2. The maximum atomic E-state index is 7.54. The smallest absolute Gasteiger partial charge is 0.129 e. The Balaban J connectivity index is 1.92. The molecule has 20 heavy (non-hydrogen) atoms. The molecule has 2 aromatic rings. The second-order valence-electron chi connectivity index (χ2n) is 4.66. The molecule has 5 nitrogen and oxygen atoms in total. The molecular formula is C14H14ClN5. The molecule has 0 amide bonds. The molecule has 3 N–H and O–H groups in total. The van der Waals surface area contributed by atoms with Gasteiger partial charge in [0.15, 0.2) is 0 Å². The van der Waals surface area contributed by atoms with Crippen LogP contribution in [0.1, 0.15) is 5.56 Å². The Kier molecular flexibility index (Phi) is 3.62. The van der Waals surface area contributed by atoms with Crippen molar-refractivity contribution in [3.63, 3.8) is 0 Å². The first kappa shape index (κ1) is 13.0.